The summed E-state index contributed by atoms with van der Waals surface area (Å²) in [5.74, 6) is 1.78. The maximum atomic E-state index is 10.6. The molecule has 26 heavy (non-hydrogen) atoms. The van der Waals surface area contributed by atoms with Crippen molar-refractivity contribution in [1.29, 1.82) is 0 Å². The zero-order chi connectivity index (χ0) is 17.9. The van der Waals surface area contributed by atoms with Gasteiger partial charge in [0, 0.05) is 11.8 Å². The van der Waals surface area contributed by atoms with E-state index in [-0.39, 0.29) is 6.61 Å². The fraction of sp³-hybridized carbons (Fsp3) is 0.227. The van der Waals surface area contributed by atoms with E-state index in [2.05, 4.69) is 28.6 Å². The van der Waals surface area contributed by atoms with Crippen LogP contribution in [0.1, 0.15) is 12.7 Å². The first-order valence-corrected chi connectivity index (χ1v) is 8.99. The summed E-state index contributed by atoms with van der Waals surface area (Å²) in [7, 11) is 0. The SMILES string of the molecule is CCc1nc2ccccc2n1C[C@@H](O)COc1cccc2ccccc12. The number of rotatable bonds is 6. The molecular formula is C22H22N2O2. The van der Waals surface area contributed by atoms with Crippen molar-refractivity contribution in [3.8, 4) is 5.75 Å². The molecule has 0 radical (unpaired) electrons. The van der Waals surface area contributed by atoms with Crippen molar-refractivity contribution >= 4 is 21.8 Å². The molecular weight excluding hydrogens is 324 g/mol. The summed E-state index contributed by atoms with van der Waals surface area (Å²) in [6.45, 7) is 2.79. The van der Waals surface area contributed by atoms with E-state index < -0.39 is 6.10 Å². The number of aryl methyl sites for hydroxylation is 1. The summed E-state index contributed by atoms with van der Waals surface area (Å²) in [6.07, 6.45) is 0.211. The van der Waals surface area contributed by atoms with Crippen molar-refractivity contribution in [3.63, 3.8) is 0 Å². The zero-order valence-corrected chi connectivity index (χ0v) is 14.8. The van der Waals surface area contributed by atoms with Crippen molar-refractivity contribution in [3.05, 3.63) is 72.6 Å². The smallest absolute Gasteiger partial charge is 0.127 e. The van der Waals surface area contributed by atoms with Crippen molar-refractivity contribution in [2.75, 3.05) is 6.61 Å². The lowest BCUT2D eigenvalue weighted by molar-refractivity contribution is 0.0935. The Hall–Kier alpha value is -2.85. The third kappa shape index (κ3) is 3.16. The predicted molar refractivity (Wildman–Crippen MR) is 105 cm³/mol. The molecule has 0 spiro atoms. The minimum absolute atomic E-state index is 0.240. The standard InChI is InChI=1S/C22H22N2O2/c1-2-22-23-19-11-5-6-12-20(19)24(22)14-17(25)15-26-21-13-7-9-16-8-3-4-10-18(16)21/h3-13,17,25H,2,14-15H2,1H3/t17-/m1/s1. The first kappa shape index (κ1) is 16.6. The average Bonchev–Trinajstić information content (AvgIpc) is 3.04. The molecule has 4 aromatic rings. The second-order valence-corrected chi connectivity index (χ2v) is 6.42. The van der Waals surface area contributed by atoms with Crippen LogP contribution in [0.2, 0.25) is 0 Å². The number of aromatic nitrogens is 2. The summed E-state index contributed by atoms with van der Waals surface area (Å²) >= 11 is 0. The van der Waals surface area contributed by atoms with Gasteiger partial charge >= 0.3 is 0 Å². The number of benzene rings is 3. The Labute approximate surface area is 152 Å². The van der Waals surface area contributed by atoms with Gasteiger partial charge in [-0.3, -0.25) is 0 Å². The molecule has 4 rings (SSSR count). The molecule has 1 aromatic heterocycles. The molecule has 1 heterocycles. The molecule has 4 nitrogen and oxygen atoms in total. The zero-order valence-electron chi connectivity index (χ0n) is 14.8. The molecule has 1 atom stereocenters. The van der Waals surface area contributed by atoms with E-state index in [1.807, 2.05) is 54.6 Å². The van der Waals surface area contributed by atoms with Crippen LogP contribution in [0.5, 0.6) is 5.75 Å². The molecule has 0 bridgehead atoms. The van der Waals surface area contributed by atoms with Crippen molar-refractivity contribution in [2.24, 2.45) is 0 Å². The summed E-state index contributed by atoms with van der Waals surface area (Å²) in [4.78, 5) is 4.65. The summed E-state index contributed by atoms with van der Waals surface area (Å²) in [6, 6.07) is 22.1. The van der Waals surface area contributed by atoms with Gasteiger partial charge in [-0.2, -0.15) is 0 Å². The van der Waals surface area contributed by atoms with Crippen LogP contribution >= 0.6 is 0 Å². The summed E-state index contributed by atoms with van der Waals surface area (Å²) in [5, 5.41) is 12.8. The van der Waals surface area contributed by atoms with Crippen LogP contribution in [-0.4, -0.2) is 27.4 Å². The van der Waals surface area contributed by atoms with Crippen LogP contribution in [0.15, 0.2) is 66.7 Å². The number of imidazole rings is 1. The Bertz CT molecular complexity index is 1030. The van der Waals surface area contributed by atoms with Crippen LogP contribution in [-0.2, 0) is 13.0 Å². The molecule has 0 saturated heterocycles. The maximum absolute atomic E-state index is 10.6. The third-order valence-corrected chi connectivity index (χ3v) is 4.62. The Morgan fingerprint density at radius 1 is 1.00 bits per heavy atom. The number of nitrogens with zero attached hydrogens (tertiary/aromatic N) is 2. The largest absolute Gasteiger partial charge is 0.490 e. The number of para-hydroxylation sites is 2. The Kier molecular flexibility index (Phi) is 4.59. The van der Waals surface area contributed by atoms with Gasteiger partial charge in [-0.05, 0) is 23.6 Å². The average molecular weight is 346 g/mol. The molecule has 0 aliphatic carbocycles. The van der Waals surface area contributed by atoms with E-state index in [1.165, 1.54) is 0 Å². The van der Waals surface area contributed by atoms with E-state index in [0.717, 1.165) is 39.8 Å². The fourth-order valence-electron chi connectivity index (χ4n) is 3.37. The number of hydrogen-bond donors (Lipinski definition) is 1. The summed E-state index contributed by atoms with van der Waals surface area (Å²) in [5.41, 5.74) is 2.01. The van der Waals surface area contributed by atoms with E-state index in [9.17, 15) is 5.11 Å². The van der Waals surface area contributed by atoms with E-state index in [4.69, 9.17) is 4.74 Å². The van der Waals surface area contributed by atoms with Gasteiger partial charge in [-0.1, -0.05) is 55.5 Å². The highest BCUT2D eigenvalue weighted by molar-refractivity contribution is 5.88. The highest BCUT2D eigenvalue weighted by Crippen LogP contribution is 2.25. The first-order valence-electron chi connectivity index (χ1n) is 8.99. The third-order valence-electron chi connectivity index (χ3n) is 4.62. The Morgan fingerprint density at radius 3 is 2.65 bits per heavy atom. The highest BCUT2D eigenvalue weighted by Gasteiger charge is 2.14. The minimum Gasteiger partial charge on any atom is -0.490 e. The van der Waals surface area contributed by atoms with Gasteiger partial charge in [0.05, 0.1) is 17.6 Å². The molecule has 0 aliphatic rings. The second kappa shape index (κ2) is 7.18. The quantitative estimate of drug-likeness (QED) is 0.569. The number of fused-ring (bicyclic) bond motifs is 2. The first-order chi connectivity index (χ1) is 12.8. The lowest BCUT2D eigenvalue weighted by Gasteiger charge is -2.16. The Balaban J connectivity index is 1.52. The molecule has 132 valence electrons. The number of aliphatic hydroxyl groups is 1. The minimum atomic E-state index is -0.614. The molecule has 0 fully saturated rings. The molecule has 0 aliphatic heterocycles. The molecule has 4 heteroatoms. The van der Waals surface area contributed by atoms with E-state index in [1.54, 1.807) is 0 Å². The molecule has 0 saturated carbocycles. The lowest BCUT2D eigenvalue weighted by Crippen LogP contribution is -2.24. The van der Waals surface area contributed by atoms with Crippen molar-refractivity contribution in [2.45, 2.75) is 26.0 Å². The van der Waals surface area contributed by atoms with Gasteiger partial charge in [0.2, 0.25) is 0 Å². The van der Waals surface area contributed by atoms with Gasteiger partial charge in [0.25, 0.3) is 0 Å². The van der Waals surface area contributed by atoms with Crippen LogP contribution in [0.4, 0.5) is 0 Å². The maximum Gasteiger partial charge on any atom is 0.127 e. The second-order valence-electron chi connectivity index (χ2n) is 6.42. The van der Waals surface area contributed by atoms with Crippen molar-refractivity contribution in [1.82, 2.24) is 9.55 Å². The van der Waals surface area contributed by atoms with E-state index in [0.29, 0.717) is 6.54 Å². The normalized spacial score (nSPS) is 12.5. The summed E-state index contributed by atoms with van der Waals surface area (Å²) < 4.78 is 8.02. The number of hydrogen-bond acceptors (Lipinski definition) is 3. The van der Waals surface area contributed by atoms with E-state index >= 15 is 0 Å². The predicted octanol–water partition coefficient (Wildman–Crippen LogP) is 4.19. The topological polar surface area (TPSA) is 47.3 Å². The molecule has 3 aromatic carbocycles. The van der Waals surface area contributed by atoms with Gasteiger partial charge in [-0.25, -0.2) is 4.98 Å². The molecule has 0 unspecified atom stereocenters. The number of aliphatic hydroxyl groups excluding tert-OH is 1. The van der Waals surface area contributed by atoms with Crippen LogP contribution in [0.3, 0.4) is 0 Å². The van der Waals surface area contributed by atoms with Crippen LogP contribution in [0, 0.1) is 0 Å². The number of ether oxygens (including phenoxy) is 1. The van der Waals surface area contributed by atoms with Crippen molar-refractivity contribution < 1.29 is 9.84 Å². The van der Waals surface area contributed by atoms with Crippen LogP contribution < -0.4 is 4.74 Å². The van der Waals surface area contributed by atoms with Gasteiger partial charge < -0.3 is 14.4 Å². The Morgan fingerprint density at radius 2 is 1.77 bits per heavy atom. The highest BCUT2D eigenvalue weighted by atomic mass is 16.5. The van der Waals surface area contributed by atoms with Gasteiger partial charge in [-0.15, -0.1) is 0 Å². The molecule has 0 amide bonds. The van der Waals surface area contributed by atoms with Gasteiger partial charge in [0.15, 0.2) is 0 Å². The lowest BCUT2D eigenvalue weighted by atomic mass is 10.1. The molecule has 1 N–H and O–H groups in total. The monoisotopic (exact) mass is 346 g/mol. The van der Waals surface area contributed by atoms with Crippen LogP contribution in [0.25, 0.3) is 21.8 Å². The fourth-order valence-corrected chi connectivity index (χ4v) is 3.37. The van der Waals surface area contributed by atoms with Gasteiger partial charge in [0.1, 0.15) is 24.3 Å².